The molecule has 1 aromatic heterocycles. The lowest BCUT2D eigenvalue weighted by molar-refractivity contribution is -0.126. The molecule has 114 valence electrons. The van der Waals surface area contributed by atoms with E-state index >= 15 is 0 Å². The summed E-state index contributed by atoms with van der Waals surface area (Å²) < 4.78 is 6.67. The molecule has 0 spiro atoms. The van der Waals surface area contributed by atoms with Gasteiger partial charge in [-0.15, -0.1) is 23.7 Å². The number of rotatable bonds is 3. The van der Waals surface area contributed by atoms with Crippen molar-refractivity contribution in [2.45, 2.75) is 32.0 Å². The van der Waals surface area contributed by atoms with E-state index in [1.165, 1.54) is 0 Å². The summed E-state index contributed by atoms with van der Waals surface area (Å²) in [6, 6.07) is 5.74. The largest absolute Gasteiger partial charge is 0.364 e. The van der Waals surface area contributed by atoms with Crippen LogP contribution >= 0.6 is 23.7 Å². The molecule has 7 heteroatoms. The van der Waals surface area contributed by atoms with Crippen molar-refractivity contribution in [3.8, 4) is 0 Å². The minimum atomic E-state index is -0.387. The first-order valence-electron chi connectivity index (χ1n) is 6.69. The van der Waals surface area contributed by atoms with Crippen LogP contribution < -0.4 is 11.1 Å². The van der Waals surface area contributed by atoms with E-state index in [4.69, 9.17) is 10.5 Å². The van der Waals surface area contributed by atoms with Gasteiger partial charge >= 0.3 is 0 Å². The van der Waals surface area contributed by atoms with E-state index in [-0.39, 0.29) is 30.5 Å². The van der Waals surface area contributed by atoms with Crippen LogP contribution in [0.1, 0.15) is 17.8 Å². The Morgan fingerprint density at radius 2 is 2.33 bits per heavy atom. The second-order valence-electron chi connectivity index (χ2n) is 4.96. The number of aromatic nitrogens is 1. The number of anilines is 1. The predicted octanol–water partition coefficient (Wildman–Crippen LogP) is 2.47. The summed E-state index contributed by atoms with van der Waals surface area (Å²) in [6.07, 6.45) is 1.21. The molecule has 2 aromatic rings. The fourth-order valence-corrected chi connectivity index (χ4v) is 3.28. The highest BCUT2D eigenvalue weighted by Gasteiger charge is 2.29. The van der Waals surface area contributed by atoms with E-state index in [1.54, 1.807) is 11.3 Å². The number of carbonyl (C=O) groups is 1. The smallest absolute Gasteiger partial charge is 0.253 e. The molecule has 1 aromatic carbocycles. The highest BCUT2D eigenvalue weighted by Crippen LogP contribution is 2.26. The number of thiazole rings is 1. The number of nitrogens with two attached hydrogens (primary N) is 1. The average Bonchev–Trinajstić information content (AvgIpc) is 3.03. The third kappa shape index (κ3) is 3.52. The summed E-state index contributed by atoms with van der Waals surface area (Å²) >= 11 is 1.62. The lowest BCUT2D eigenvalue weighted by Crippen LogP contribution is -2.29. The number of amides is 1. The van der Waals surface area contributed by atoms with Gasteiger partial charge in [-0.05, 0) is 38.0 Å². The molecule has 0 radical (unpaired) electrons. The first-order valence-corrected chi connectivity index (χ1v) is 7.51. The molecule has 0 saturated carbocycles. The Bertz CT molecular complexity index is 646. The summed E-state index contributed by atoms with van der Waals surface area (Å²) in [6.45, 7) is 2.44. The minimum Gasteiger partial charge on any atom is -0.364 e. The van der Waals surface area contributed by atoms with Crippen LogP contribution in [0.15, 0.2) is 18.2 Å². The van der Waals surface area contributed by atoms with E-state index in [0.717, 1.165) is 33.8 Å². The van der Waals surface area contributed by atoms with Crippen LogP contribution in [0.3, 0.4) is 0 Å². The van der Waals surface area contributed by atoms with Gasteiger partial charge in [0.15, 0.2) is 0 Å². The molecule has 5 nitrogen and oxygen atoms in total. The number of halogens is 1. The number of nitrogens with zero attached hydrogens (tertiary/aromatic N) is 1. The van der Waals surface area contributed by atoms with Crippen molar-refractivity contribution in [1.29, 1.82) is 0 Å². The third-order valence-corrected chi connectivity index (χ3v) is 4.36. The lowest BCUT2D eigenvalue weighted by atomic mass is 10.2. The number of nitrogens with one attached hydrogen (secondary N) is 1. The summed E-state index contributed by atoms with van der Waals surface area (Å²) in [5.74, 6) is -0.0958. The molecular formula is C14H18ClN3O2S. The van der Waals surface area contributed by atoms with Crippen molar-refractivity contribution in [2.24, 2.45) is 5.73 Å². The summed E-state index contributed by atoms with van der Waals surface area (Å²) in [5.41, 5.74) is 7.30. The maximum Gasteiger partial charge on any atom is 0.253 e. The molecule has 3 N–H and O–H groups in total. The Morgan fingerprint density at radius 3 is 3.05 bits per heavy atom. The number of benzene rings is 1. The molecule has 0 unspecified atom stereocenters. The summed E-state index contributed by atoms with van der Waals surface area (Å²) in [7, 11) is 0. The van der Waals surface area contributed by atoms with Crippen LogP contribution in [0.25, 0.3) is 10.2 Å². The zero-order valence-electron chi connectivity index (χ0n) is 11.7. The SMILES string of the molecule is Cc1nc2ccc(NC(=O)[C@@H]3CC[C@H](CN)O3)cc2s1.Cl. The van der Waals surface area contributed by atoms with Gasteiger partial charge in [0.2, 0.25) is 0 Å². The molecule has 1 aliphatic rings. The van der Waals surface area contributed by atoms with E-state index < -0.39 is 0 Å². The average molecular weight is 328 g/mol. The number of carbonyl (C=O) groups excluding carboxylic acids is 1. The van der Waals surface area contributed by atoms with Gasteiger partial charge in [0, 0.05) is 12.2 Å². The summed E-state index contributed by atoms with van der Waals surface area (Å²) in [4.78, 5) is 16.5. The molecule has 1 amide bonds. The van der Waals surface area contributed by atoms with Gasteiger partial charge in [-0.3, -0.25) is 4.79 Å². The molecule has 1 aliphatic heterocycles. The number of hydrogen-bond acceptors (Lipinski definition) is 5. The van der Waals surface area contributed by atoms with Gasteiger partial charge in [0.05, 0.1) is 21.3 Å². The number of hydrogen-bond donors (Lipinski definition) is 2. The fourth-order valence-electron chi connectivity index (χ4n) is 2.41. The fraction of sp³-hybridized carbons (Fsp3) is 0.429. The van der Waals surface area contributed by atoms with Gasteiger partial charge in [0.25, 0.3) is 5.91 Å². The molecule has 1 saturated heterocycles. The zero-order valence-corrected chi connectivity index (χ0v) is 13.3. The number of ether oxygens (including phenoxy) is 1. The highest BCUT2D eigenvalue weighted by molar-refractivity contribution is 7.18. The third-order valence-electron chi connectivity index (χ3n) is 3.43. The molecule has 2 atom stereocenters. The van der Waals surface area contributed by atoms with Gasteiger partial charge in [-0.1, -0.05) is 0 Å². The molecule has 21 heavy (non-hydrogen) atoms. The Hall–Kier alpha value is -1.21. The molecule has 0 bridgehead atoms. The molecule has 1 fully saturated rings. The Morgan fingerprint density at radius 1 is 1.52 bits per heavy atom. The monoisotopic (exact) mass is 327 g/mol. The second kappa shape index (κ2) is 6.70. The normalized spacial score (nSPS) is 21.2. The highest BCUT2D eigenvalue weighted by atomic mass is 35.5. The topological polar surface area (TPSA) is 77.2 Å². The molecule has 3 rings (SSSR count). The molecule has 2 heterocycles. The molecule has 0 aliphatic carbocycles. The van der Waals surface area contributed by atoms with Gasteiger partial charge in [-0.25, -0.2) is 4.98 Å². The van der Waals surface area contributed by atoms with E-state index in [0.29, 0.717) is 6.54 Å². The maximum atomic E-state index is 12.1. The van der Waals surface area contributed by atoms with E-state index in [1.807, 2.05) is 25.1 Å². The quantitative estimate of drug-likeness (QED) is 0.908. The number of fused-ring (bicyclic) bond motifs is 1. The Balaban J connectivity index is 0.00000161. The summed E-state index contributed by atoms with van der Waals surface area (Å²) in [5, 5.41) is 3.93. The van der Waals surface area contributed by atoms with Crippen LogP contribution in [0.5, 0.6) is 0 Å². The molecular weight excluding hydrogens is 310 g/mol. The van der Waals surface area contributed by atoms with Gasteiger partial charge in [-0.2, -0.15) is 0 Å². The minimum absolute atomic E-state index is 0. The van der Waals surface area contributed by atoms with Crippen molar-refractivity contribution in [3.05, 3.63) is 23.2 Å². The van der Waals surface area contributed by atoms with Crippen LogP contribution in [-0.2, 0) is 9.53 Å². The first kappa shape index (κ1) is 16.2. The predicted molar refractivity (Wildman–Crippen MR) is 87.2 cm³/mol. The van der Waals surface area contributed by atoms with Gasteiger partial charge in [0.1, 0.15) is 6.10 Å². The second-order valence-corrected chi connectivity index (χ2v) is 6.20. The maximum absolute atomic E-state index is 12.1. The van der Waals surface area contributed by atoms with Crippen molar-refractivity contribution < 1.29 is 9.53 Å². The van der Waals surface area contributed by atoms with Crippen molar-refractivity contribution in [1.82, 2.24) is 4.98 Å². The number of aryl methyl sites for hydroxylation is 1. The Kier molecular flexibility index (Phi) is 5.16. The van der Waals surface area contributed by atoms with Crippen molar-refractivity contribution >= 4 is 45.6 Å². The Labute approximate surface area is 133 Å². The van der Waals surface area contributed by atoms with E-state index in [9.17, 15) is 4.79 Å². The van der Waals surface area contributed by atoms with Crippen molar-refractivity contribution in [3.63, 3.8) is 0 Å². The first-order chi connectivity index (χ1) is 9.65. The lowest BCUT2D eigenvalue weighted by Gasteiger charge is -2.12. The standard InChI is InChI=1S/C14H17N3O2S.ClH/c1-8-16-11-4-2-9(6-13(11)20-8)17-14(18)12-5-3-10(7-15)19-12;/h2,4,6,10,12H,3,5,7,15H2,1H3,(H,17,18);1H/t10-,12+;/m1./s1. The van der Waals surface area contributed by atoms with Crippen LogP contribution in [0, 0.1) is 6.92 Å². The van der Waals surface area contributed by atoms with Crippen LogP contribution in [0.2, 0.25) is 0 Å². The van der Waals surface area contributed by atoms with Gasteiger partial charge < -0.3 is 15.8 Å². The van der Waals surface area contributed by atoms with Crippen molar-refractivity contribution in [2.75, 3.05) is 11.9 Å². The van der Waals surface area contributed by atoms with Crippen LogP contribution in [-0.4, -0.2) is 29.6 Å². The van der Waals surface area contributed by atoms with Crippen LogP contribution in [0.4, 0.5) is 5.69 Å². The zero-order chi connectivity index (χ0) is 14.1. The van der Waals surface area contributed by atoms with E-state index in [2.05, 4.69) is 10.3 Å².